The minimum Gasteiger partial charge on any atom is -0.508 e. The lowest BCUT2D eigenvalue weighted by Gasteiger charge is -2.29. The molecule has 1 heterocycles. The fraction of sp³-hybridized carbons (Fsp3) is 0.0952. The quantitative estimate of drug-likeness (QED) is 0.671. The Balaban J connectivity index is 2.07. The first-order valence-electron chi connectivity index (χ1n) is 8.03. The summed E-state index contributed by atoms with van der Waals surface area (Å²) in [6.07, 6.45) is 0. The van der Waals surface area contributed by atoms with E-state index in [-0.39, 0.29) is 17.4 Å². The third-order valence-electron chi connectivity index (χ3n) is 4.77. The van der Waals surface area contributed by atoms with E-state index in [0.717, 1.165) is 27.9 Å². The molecule has 124 valence electrons. The van der Waals surface area contributed by atoms with Gasteiger partial charge in [-0.2, -0.15) is 0 Å². The predicted molar refractivity (Wildman–Crippen MR) is 95.9 cm³/mol. The second-order valence-corrected chi connectivity index (χ2v) is 6.35. The van der Waals surface area contributed by atoms with Gasteiger partial charge in [-0.25, -0.2) is 0 Å². The topological polar surface area (TPSA) is 69.6 Å². The molecule has 1 aliphatic heterocycles. The van der Waals surface area contributed by atoms with Crippen LogP contribution in [0.2, 0.25) is 0 Å². The van der Waals surface area contributed by atoms with Gasteiger partial charge in [-0.3, -0.25) is 4.79 Å². The van der Waals surface area contributed by atoms with Gasteiger partial charge in [0.25, 0.3) is 0 Å². The van der Waals surface area contributed by atoms with Crippen LogP contribution < -0.4 is 5.32 Å². The van der Waals surface area contributed by atoms with E-state index in [1.54, 1.807) is 48.5 Å². The fourth-order valence-corrected chi connectivity index (χ4v) is 3.58. The molecule has 3 aromatic rings. The van der Waals surface area contributed by atoms with Crippen molar-refractivity contribution in [2.24, 2.45) is 0 Å². The molecule has 4 rings (SSSR count). The Morgan fingerprint density at radius 2 is 1.32 bits per heavy atom. The Hall–Kier alpha value is -3.27. The maximum Gasteiger partial charge on any atom is 0.244 e. The van der Waals surface area contributed by atoms with Crippen LogP contribution in [0.5, 0.6) is 11.5 Å². The van der Waals surface area contributed by atoms with E-state index >= 15 is 0 Å². The average molecular weight is 331 g/mol. The number of hydrogen-bond acceptors (Lipinski definition) is 3. The summed E-state index contributed by atoms with van der Waals surface area (Å²) in [7, 11) is 0. The van der Waals surface area contributed by atoms with Gasteiger partial charge in [0, 0.05) is 11.3 Å². The van der Waals surface area contributed by atoms with Crippen molar-refractivity contribution in [3.05, 3.63) is 89.0 Å². The average Bonchev–Trinajstić information content (AvgIpc) is 2.89. The summed E-state index contributed by atoms with van der Waals surface area (Å²) in [6, 6.07) is 19.3. The number of carbonyl (C=O) groups is 1. The van der Waals surface area contributed by atoms with Gasteiger partial charge in [0.2, 0.25) is 5.91 Å². The molecular weight excluding hydrogens is 314 g/mol. The summed E-state index contributed by atoms with van der Waals surface area (Å²) in [5.41, 5.74) is 3.20. The van der Waals surface area contributed by atoms with Crippen molar-refractivity contribution < 1.29 is 15.0 Å². The van der Waals surface area contributed by atoms with E-state index in [1.807, 2.05) is 25.1 Å². The van der Waals surface area contributed by atoms with Crippen LogP contribution in [0, 0.1) is 6.92 Å². The molecule has 0 radical (unpaired) electrons. The Kier molecular flexibility index (Phi) is 3.29. The molecule has 1 aliphatic rings. The van der Waals surface area contributed by atoms with Crippen molar-refractivity contribution in [2.75, 3.05) is 5.32 Å². The summed E-state index contributed by atoms with van der Waals surface area (Å²) >= 11 is 0. The number of carbonyl (C=O) groups excluding carboxylic acids is 1. The van der Waals surface area contributed by atoms with E-state index in [1.165, 1.54) is 0 Å². The summed E-state index contributed by atoms with van der Waals surface area (Å²) in [5, 5.41) is 22.3. The third kappa shape index (κ3) is 2.18. The molecule has 1 amide bonds. The predicted octanol–water partition coefficient (Wildman–Crippen LogP) is 3.69. The Morgan fingerprint density at radius 3 is 1.84 bits per heavy atom. The zero-order chi connectivity index (χ0) is 17.6. The molecule has 3 aromatic carbocycles. The van der Waals surface area contributed by atoms with Crippen LogP contribution >= 0.6 is 0 Å². The van der Waals surface area contributed by atoms with Crippen LogP contribution in [0.4, 0.5) is 5.69 Å². The molecule has 0 aromatic heterocycles. The van der Waals surface area contributed by atoms with Crippen LogP contribution in [-0.4, -0.2) is 16.1 Å². The van der Waals surface area contributed by atoms with Crippen LogP contribution in [0.3, 0.4) is 0 Å². The molecule has 0 fully saturated rings. The normalized spacial score (nSPS) is 14.8. The summed E-state index contributed by atoms with van der Waals surface area (Å²) in [5.74, 6) is 0.143. The van der Waals surface area contributed by atoms with Crippen molar-refractivity contribution in [1.29, 1.82) is 0 Å². The Bertz CT molecular complexity index is 914. The first-order chi connectivity index (χ1) is 12.0. The first kappa shape index (κ1) is 15.3. The minimum absolute atomic E-state index is 0.146. The molecule has 0 unspecified atom stereocenters. The van der Waals surface area contributed by atoms with Gasteiger partial charge < -0.3 is 15.5 Å². The number of anilines is 1. The van der Waals surface area contributed by atoms with E-state index in [2.05, 4.69) is 5.32 Å². The molecule has 4 heteroatoms. The highest BCUT2D eigenvalue weighted by atomic mass is 16.3. The van der Waals surface area contributed by atoms with Gasteiger partial charge >= 0.3 is 0 Å². The maximum atomic E-state index is 13.2. The number of phenols is 2. The van der Waals surface area contributed by atoms with Crippen molar-refractivity contribution in [2.45, 2.75) is 12.3 Å². The highest BCUT2D eigenvalue weighted by Gasteiger charge is 2.49. The smallest absolute Gasteiger partial charge is 0.244 e. The van der Waals surface area contributed by atoms with Crippen molar-refractivity contribution in [3.63, 3.8) is 0 Å². The molecular formula is C21H17NO3. The lowest BCUT2D eigenvalue weighted by atomic mass is 9.70. The molecule has 0 atom stereocenters. The van der Waals surface area contributed by atoms with Crippen LogP contribution in [0.1, 0.15) is 22.3 Å². The van der Waals surface area contributed by atoms with Gasteiger partial charge in [-0.1, -0.05) is 42.0 Å². The zero-order valence-electron chi connectivity index (χ0n) is 13.7. The van der Waals surface area contributed by atoms with Crippen LogP contribution in [0.15, 0.2) is 66.7 Å². The number of nitrogens with one attached hydrogen (secondary N) is 1. The molecule has 0 bridgehead atoms. The number of fused-ring (bicyclic) bond motifs is 1. The number of benzene rings is 3. The second-order valence-electron chi connectivity index (χ2n) is 6.35. The fourth-order valence-electron chi connectivity index (χ4n) is 3.58. The van der Waals surface area contributed by atoms with Crippen molar-refractivity contribution in [1.82, 2.24) is 0 Å². The minimum atomic E-state index is -1.03. The molecule has 4 nitrogen and oxygen atoms in total. The SMILES string of the molecule is Cc1ccc2c(c1)C(c1ccc(O)cc1)(c1ccc(O)cc1)C(=O)N2. The largest absolute Gasteiger partial charge is 0.508 e. The summed E-state index contributed by atoms with van der Waals surface area (Å²) in [4.78, 5) is 13.2. The highest BCUT2D eigenvalue weighted by molar-refractivity contribution is 6.11. The molecule has 25 heavy (non-hydrogen) atoms. The molecule has 0 saturated carbocycles. The number of aryl methyl sites for hydroxylation is 1. The summed E-state index contributed by atoms with van der Waals surface area (Å²) < 4.78 is 0. The van der Waals surface area contributed by atoms with E-state index in [4.69, 9.17) is 0 Å². The number of hydrogen-bond donors (Lipinski definition) is 3. The standard InChI is InChI=1S/C21H17NO3/c1-13-2-11-19-18(12-13)21(20(25)22-19,14-3-7-16(23)8-4-14)15-5-9-17(24)10-6-15/h2-12,23-24H,1H3,(H,22,25). The molecule has 3 N–H and O–H groups in total. The molecule has 0 saturated heterocycles. The lowest BCUT2D eigenvalue weighted by molar-refractivity contribution is -0.118. The van der Waals surface area contributed by atoms with Crippen molar-refractivity contribution >= 4 is 11.6 Å². The van der Waals surface area contributed by atoms with Gasteiger partial charge in [0.15, 0.2) is 0 Å². The van der Waals surface area contributed by atoms with Gasteiger partial charge in [0.05, 0.1) is 0 Å². The monoisotopic (exact) mass is 331 g/mol. The zero-order valence-corrected chi connectivity index (χ0v) is 13.7. The Morgan fingerprint density at radius 1 is 0.800 bits per heavy atom. The van der Waals surface area contributed by atoms with Crippen molar-refractivity contribution in [3.8, 4) is 11.5 Å². The maximum absolute atomic E-state index is 13.2. The summed E-state index contributed by atoms with van der Waals surface area (Å²) in [6.45, 7) is 1.99. The number of rotatable bonds is 2. The highest BCUT2D eigenvalue weighted by Crippen LogP contribution is 2.48. The molecule has 0 aliphatic carbocycles. The van der Waals surface area contributed by atoms with Crippen LogP contribution in [0.25, 0.3) is 0 Å². The van der Waals surface area contributed by atoms with Gasteiger partial charge in [0.1, 0.15) is 16.9 Å². The van der Waals surface area contributed by atoms with Crippen LogP contribution in [-0.2, 0) is 10.2 Å². The Labute approximate surface area is 145 Å². The van der Waals surface area contributed by atoms with E-state index in [9.17, 15) is 15.0 Å². The first-order valence-corrected chi connectivity index (χ1v) is 8.03. The van der Waals surface area contributed by atoms with Gasteiger partial charge in [-0.15, -0.1) is 0 Å². The number of amides is 1. The lowest BCUT2D eigenvalue weighted by Crippen LogP contribution is -2.37. The number of aromatic hydroxyl groups is 2. The van der Waals surface area contributed by atoms with E-state index in [0.29, 0.717) is 0 Å². The van der Waals surface area contributed by atoms with E-state index < -0.39 is 5.41 Å². The van der Waals surface area contributed by atoms with Gasteiger partial charge in [-0.05, 0) is 48.4 Å². The third-order valence-corrected chi connectivity index (χ3v) is 4.77. The second kappa shape index (κ2) is 5.38. The number of phenolic OH excluding ortho intramolecular Hbond substituents is 2. The molecule has 0 spiro atoms.